The van der Waals surface area contributed by atoms with Crippen LogP contribution in [0.3, 0.4) is 0 Å². The Kier molecular flexibility index (Phi) is 6.36. The maximum atomic E-state index is 12.3. The fourth-order valence-corrected chi connectivity index (χ4v) is 2.62. The van der Waals surface area contributed by atoms with E-state index in [4.69, 9.17) is 9.47 Å². The fraction of sp³-hybridized carbons (Fsp3) is 0.143. The number of nitrogens with zero attached hydrogens (tertiary/aromatic N) is 4. The molecule has 2 aromatic carbocycles. The third-order valence-electron chi connectivity index (χ3n) is 3.98. The highest BCUT2D eigenvalue weighted by Crippen LogP contribution is 2.28. The normalized spacial score (nSPS) is 10.7. The van der Waals surface area contributed by atoms with Crippen LogP contribution in [0.5, 0.6) is 11.5 Å². The Labute approximate surface area is 168 Å². The molecule has 1 N–H and O–H groups in total. The van der Waals surface area contributed by atoms with Gasteiger partial charge in [-0.05, 0) is 46.3 Å². The molecule has 8 nitrogen and oxygen atoms in total. The molecule has 148 valence electrons. The van der Waals surface area contributed by atoms with E-state index in [9.17, 15) is 4.79 Å². The number of rotatable bonds is 8. The summed E-state index contributed by atoms with van der Waals surface area (Å²) in [5.41, 5.74) is 2.26. The molecule has 0 fully saturated rings. The van der Waals surface area contributed by atoms with Crippen LogP contribution in [0.2, 0.25) is 0 Å². The maximum Gasteiger partial charge on any atom is 0.248 e. The molecular weight excluding hydrogens is 370 g/mol. The highest BCUT2D eigenvalue weighted by atomic mass is 16.5. The van der Waals surface area contributed by atoms with Gasteiger partial charge in [-0.3, -0.25) is 4.79 Å². The van der Waals surface area contributed by atoms with Crippen LogP contribution >= 0.6 is 0 Å². The Morgan fingerprint density at radius 2 is 2.10 bits per heavy atom. The summed E-state index contributed by atoms with van der Waals surface area (Å²) < 4.78 is 12.4. The van der Waals surface area contributed by atoms with Gasteiger partial charge >= 0.3 is 0 Å². The average Bonchev–Trinajstić information content (AvgIpc) is 3.17. The Morgan fingerprint density at radius 3 is 2.83 bits per heavy atom. The lowest BCUT2D eigenvalue weighted by atomic mass is 10.1. The van der Waals surface area contributed by atoms with Crippen molar-refractivity contribution in [2.75, 3.05) is 19.0 Å². The summed E-state index contributed by atoms with van der Waals surface area (Å²) in [6.45, 7) is 4.01. The summed E-state index contributed by atoms with van der Waals surface area (Å²) in [5.74, 6) is 1.55. The first kappa shape index (κ1) is 19.8. The molecule has 0 aliphatic rings. The first-order valence-corrected chi connectivity index (χ1v) is 8.84. The molecule has 0 saturated carbocycles. The van der Waals surface area contributed by atoms with Gasteiger partial charge < -0.3 is 14.8 Å². The summed E-state index contributed by atoms with van der Waals surface area (Å²) >= 11 is 0. The van der Waals surface area contributed by atoms with Gasteiger partial charge in [0.05, 0.1) is 7.11 Å². The molecule has 0 unspecified atom stereocenters. The van der Waals surface area contributed by atoms with Crippen molar-refractivity contribution < 1.29 is 14.3 Å². The summed E-state index contributed by atoms with van der Waals surface area (Å²) in [6.07, 6.45) is 4.81. The zero-order valence-electron chi connectivity index (χ0n) is 16.2. The summed E-state index contributed by atoms with van der Waals surface area (Å²) in [4.78, 5) is 12.3. The standard InChI is InChI=1S/C21H21N5O3/c1-4-12-29-18-10-8-15(13-19(18)28-3)9-11-20(27)22-17-7-5-6-16(14-17)21-23-24-25-26(21)2/h4-11,13-14H,1,12H2,2-3H3,(H,22,27)/b11-9+. The lowest BCUT2D eigenvalue weighted by Crippen LogP contribution is -2.07. The molecule has 3 rings (SSSR count). The lowest BCUT2D eigenvalue weighted by molar-refractivity contribution is -0.111. The SMILES string of the molecule is C=CCOc1ccc(/C=C/C(=O)Nc2cccc(-c3nnnn3C)c2)cc1OC. The quantitative estimate of drug-likeness (QED) is 0.469. The van der Waals surface area contributed by atoms with Crippen LogP contribution in [0.1, 0.15) is 5.56 Å². The number of amides is 1. The molecule has 0 aliphatic heterocycles. The van der Waals surface area contributed by atoms with Crippen LogP contribution in [-0.4, -0.2) is 39.8 Å². The van der Waals surface area contributed by atoms with Gasteiger partial charge in [0.1, 0.15) is 6.61 Å². The van der Waals surface area contributed by atoms with E-state index in [1.807, 2.05) is 24.3 Å². The highest BCUT2D eigenvalue weighted by molar-refractivity contribution is 6.02. The Balaban J connectivity index is 1.68. The number of anilines is 1. The van der Waals surface area contributed by atoms with Crippen molar-refractivity contribution in [2.24, 2.45) is 7.05 Å². The number of aryl methyl sites for hydroxylation is 1. The minimum Gasteiger partial charge on any atom is -0.493 e. The second-order valence-corrected chi connectivity index (χ2v) is 6.04. The second-order valence-electron chi connectivity index (χ2n) is 6.04. The minimum absolute atomic E-state index is 0.260. The number of tetrazole rings is 1. The number of carbonyl (C=O) groups excluding carboxylic acids is 1. The van der Waals surface area contributed by atoms with Gasteiger partial charge in [0, 0.05) is 24.4 Å². The zero-order valence-corrected chi connectivity index (χ0v) is 16.2. The number of hydrogen-bond donors (Lipinski definition) is 1. The van der Waals surface area contributed by atoms with E-state index < -0.39 is 0 Å². The third kappa shape index (κ3) is 5.07. The predicted octanol–water partition coefficient (Wildman–Crippen LogP) is 3.10. The van der Waals surface area contributed by atoms with E-state index in [0.717, 1.165) is 11.1 Å². The number of methoxy groups -OCH3 is 1. The summed E-state index contributed by atoms with van der Waals surface area (Å²) in [5, 5.41) is 14.2. The Hall–Kier alpha value is -3.94. The van der Waals surface area contributed by atoms with Crippen molar-refractivity contribution in [1.29, 1.82) is 0 Å². The number of ether oxygens (including phenoxy) is 2. The maximum absolute atomic E-state index is 12.3. The van der Waals surface area contributed by atoms with Crippen LogP contribution in [0.4, 0.5) is 5.69 Å². The minimum atomic E-state index is -0.260. The zero-order chi connectivity index (χ0) is 20.6. The number of benzene rings is 2. The van der Waals surface area contributed by atoms with Crippen molar-refractivity contribution >= 4 is 17.7 Å². The van der Waals surface area contributed by atoms with Crippen molar-refractivity contribution in [1.82, 2.24) is 20.2 Å². The topological polar surface area (TPSA) is 91.2 Å². The van der Waals surface area contributed by atoms with Crippen LogP contribution in [0, 0.1) is 0 Å². The van der Waals surface area contributed by atoms with Gasteiger partial charge in [-0.1, -0.05) is 30.9 Å². The number of nitrogens with one attached hydrogen (secondary N) is 1. The first-order valence-electron chi connectivity index (χ1n) is 8.84. The molecule has 0 atom stereocenters. The summed E-state index contributed by atoms with van der Waals surface area (Å²) in [7, 11) is 3.32. The molecule has 0 saturated heterocycles. The van der Waals surface area contributed by atoms with Crippen molar-refractivity contribution in [3.8, 4) is 22.9 Å². The molecule has 1 amide bonds. The first-order chi connectivity index (χ1) is 14.1. The van der Waals surface area contributed by atoms with Gasteiger partial charge in [0.15, 0.2) is 17.3 Å². The molecule has 29 heavy (non-hydrogen) atoms. The molecule has 8 heteroatoms. The van der Waals surface area contributed by atoms with E-state index in [0.29, 0.717) is 29.6 Å². The molecular formula is C21H21N5O3. The largest absolute Gasteiger partial charge is 0.493 e. The summed E-state index contributed by atoms with van der Waals surface area (Å²) in [6, 6.07) is 12.7. The van der Waals surface area contributed by atoms with E-state index in [1.54, 1.807) is 49.2 Å². The molecule has 0 radical (unpaired) electrons. The van der Waals surface area contributed by atoms with Gasteiger partial charge in [0.2, 0.25) is 5.91 Å². The molecule has 1 heterocycles. The van der Waals surface area contributed by atoms with Crippen LogP contribution in [0.15, 0.2) is 61.2 Å². The Bertz CT molecular complexity index is 1040. The molecule has 0 aliphatic carbocycles. The van der Waals surface area contributed by atoms with E-state index in [2.05, 4.69) is 27.4 Å². The van der Waals surface area contributed by atoms with Crippen LogP contribution in [-0.2, 0) is 11.8 Å². The van der Waals surface area contributed by atoms with Gasteiger partial charge in [-0.25, -0.2) is 4.68 Å². The molecule has 1 aromatic heterocycles. The number of hydrogen-bond acceptors (Lipinski definition) is 6. The number of carbonyl (C=O) groups is 1. The van der Waals surface area contributed by atoms with Gasteiger partial charge in [-0.2, -0.15) is 0 Å². The predicted molar refractivity (Wildman–Crippen MR) is 111 cm³/mol. The Morgan fingerprint density at radius 1 is 1.24 bits per heavy atom. The van der Waals surface area contributed by atoms with Crippen LogP contribution < -0.4 is 14.8 Å². The molecule has 3 aromatic rings. The van der Waals surface area contributed by atoms with E-state index >= 15 is 0 Å². The fourth-order valence-electron chi connectivity index (χ4n) is 2.62. The lowest BCUT2D eigenvalue weighted by Gasteiger charge is -2.09. The monoisotopic (exact) mass is 391 g/mol. The van der Waals surface area contributed by atoms with Gasteiger partial charge in [0.25, 0.3) is 0 Å². The smallest absolute Gasteiger partial charge is 0.248 e. The van der Waals surface area contributed by atoms with Crippen molar-refractivity contribution in [3.05, 3.63) is 66.8 Å². The third-order valence-corrected chi connectivity index (χ3v) is 3.98. The van der Waals surface area contributed by atoms with Crippen molar-refractivity contribution in [2.45, 2.75) is 0 Å². The molecule has 0 bridgehead atoms. The van der Waals surface area contributed by atoms with Gasteiger partial charge in [-0.15, -0.1) is 5.10 Å². The highest BCUT2D eigenvalue weighted by Gasteiger charge is 2.08. The van der Waals surface area contributed by atoms with Crippen LogP contribution in [0.25, 0.3) is 17.5 Å². The van der Waals surface area contributed by atoms with E-state index in [1.165, 1.54) is 6.08 Å². The van der Waals surface area contributed by atoms with Crippen molar-refractivity contribution in [3.63, 3.8) is 0 Å². The van der Waals surface area contributed by atoms with E-state index in [-0.39, 0.29) is 5.91 Å². The molecule has 0 spiro atoms. The second kappa shape index (κ2) is 9.32. The average molecular weight is 391 g/mol. The number of aromatic nitrogens is 4.